The van der Waals surface area contributed by atoms with Crippen LogP contribution in [-0.4, -0.2) is 25.8 Å². The zero-order valence-electron chi connectivity index (χ0n) is 9.12. The summed E-state index contributed by atoms with van der Waals surface area (Å²) in [5.41, 5.74) is 0. The third-order valence-electron chi connectivity index (χ3n) is 2.84. The van der Waals surface area contributed by atoms with E-state index < -0.39 is 6.10 Å². The summed E-state index contributed by atoms with van der Waals surface area (Å²) in [5, 5.41) is 0. The molecule has 0 radical (unpaired) electrons. The van der Waals surface area contributed by atoms with Gasteiger partial charge in [0, 0.05) is 0 Å². The lowest BCUT2D eigenvalue weighted by Gasteiger charge is -2.22. The van der Waals surface area contributed by atoms with E-state index in [-0.39, 0.29) is 5.97 Å². The highest BCUT2D eigenvalue weighted by Gasteiger charge is 2.18. The molecule has 82 valence electrons. The zero-order chi connectivity index (χ0) is 10.4. The van der Waals surface area contributed by atoms with Crippen molar-refractivity contribution in [1.82, 2.24) is 0 Å². The summed E-state index contributed by atoms with van der Waals surface area (Å²) in [5.74, 6) is 0.372. The molecule has 0 unspecified atom stereocenters. The van der Waals surface area contributed by atoms with Crippen LogP contribution in [0.4, 0.5) is 0 Å². The van der Waals surface area contributed by atoms with E-state index >= 15 is 0 Å². The van der Waals surface area contributed by atoms with Gasteiger partial charge in [-0.05, 0) is 25.7 Å². The molecule has 1 aliphatic carbocycles. The fraction of sp³-hybridized carbons (Fsp3) is 0.909. The van der Waals surface area contributed by atoms with Crippen LogP contribution in [-0.2, 0) is 14.3 Å². The Morgan fingerprint density at radius 2 is 2.00 bits per heavy atom. The Kier molecular flexibility index (Phi) is 4.94. The van der Waals surface area contributed by atoms with Gasteiger partial charge in [-0.1, -0.05) is 19.3 Å². The lowest BCUT2D eigenvalue weighted by Crippen LogP contribution is -2.25. The number of carbonyl (C=O) groups is 1. The largest absolute Gasteiger partial charge is 0.467 e. The van der Waals surface area contributed by atoms with Crippen molar-refractivity contribution < 1.29 is 14.3 Å². The number of carbonyl (C=O) groups excluding carboxylic acids is 1. The molecule has 0 N–H and O–H groups in total. The Hall–Kier alpha value is -0.570. The first-order valence-electron chi connectivity index (χ1n) is 5.43. The quantitative estimate of drug-likeness (QED) is 0.652. The highest BCUT2D eigenvalue weighted by Crippen LogP contribution is 2.23. The average Bonchev–Trinajstić information content (AvgIpc) is 2.26. The van der Waals surface area contributed by atoms with Crippen LogP contribution in [0.1, 0.15) is 39.0 Å². The van der Waals surface area contributed by atoms with Crippen LogP contribution >= 0.6 is 0 Å². The molecule has 1 aliphatic rings. The van der Waals surface area contributed by atoms with Crippen LogP contribution in [0, 0.1) is 5.92 Å². The van der Waals surface area contributed by atoms with E-state index in [1.165, 1.54) is 39.2 Å². The van der Waals surface area contributed by atoms with Gasteiger partial charge in [0.2, 0.25) is 0 Å². The van der Waals surface area contributed by atoms with Crippen LogP contribution in [0.25, 0.3) is 0 Å². The van der Waals surface area contributed by atoms with Crippen molar-refractivity contribution in [2.45, 2.75) is 45.1 Å². The number of ether oxygens (including phenoxy) is 2. The van der Waals surface area contributed by atoms with Gasteiger partial charge in [0.25, 0.3) is 0 Å². The van der Waals surface area contributed by atoms with Crippen LogP contribution < -0.4 is 0 Å². The molecule has 3 heteroatoms. The van der Waals surface area contributed by atoms with E-state index in [2.05, 4.69) is 4.74 Å². The monoisotopic (exact) mass is 200 g/mol. The minimum atomic E-state index is -0.415. The van der Waals surface area contributed by atoms with Crippen LogP contribution in [0.5, 0.6) is 0 Å². The lowest BCUT2D eigenvalue weighted by molar-refractivity contribution is -0.153. The molecule has 3 nitrogen and oxygen atoms in total. The van der Waals surface area contributed by atoms with Crippen molar-refractivity contribution in [2.75, 3.05) is 13.7 Å². The molecule has 0 heterocycles. The van der Waals surface area contributed by atoms with E-state index in [9.17, 15) is 4.79 Å². The Morgan fingerprint density at radius 1 is 1.36 bits per heavy atom. The molecule has 0 aromatic heterocycles. The Bertz CT molecular complexity index is 173. The summed E-state index contributed by atoms with van der Waals surface area (Å²) < 4.78 is 10.0. The van der Waals surface area contributed by atoms with Crippen molar-refractivity contribution >= 4 is 5.97 Å². The van der Waals surface area contributed by atoms with Crippen LogP contribution in [0.15, 0.2) is 0 Å². The molecule has 0 aromatic carbocycles. The zero-order valence-corrected chi connectivity index (χ0v) is 9.12. The van der Waals surface area contributed by atoms with Crippen LogP contribution in [0.2, 0.25) is 0 Å². The fourth-order valence-electron chi connectivity index (χ4n) is 1.87. The fourth-order valence-corrected chi connectivity index (χ4v) is 1.87. The number of methoxy groups -OCH3 is 1. The van der Waals surface area contributed by atoms with Crippen LogP contribution in [0.3, 0.4) is 0 Å². The number of hydrogen-bond donors (Lipinski definition) is 0. The molecular weight excluding hydrogens is 180 g/mol. The smallest absolute Gasteiger partial charge is 0.334 e. The highest BCUT2D eigenvalue weighted by molar-refractivity contribution is 5.73. The van der Waals surface area contributed by atoms with Gasteiger partial charge < -0.3 is 9.47 Å². The lowest BCUT2D eigenvalue weighted by atomic mass is 9.90. The normalized spacial score (nSPS) is 20.4. The van der Waals surface area contributed by atoms with Crippen molar-refractivity contribution in [3.8, 4) is 0 Å². The first kappa shape index (κ1) is 11.5. The van der Waals surface area contributed by atoms with E-state index in [0.29, 0.717) is 12.5 Å². The van der Waals surface area contributed by atoms with Crippen molar-refractivity contribution in [3.05, 3.63) is 0 Å². The highest BCUT2D eigenvalue weighted by atomic mass is 16.6. The van der Waals surface area contributed by atoms with Gasteiger partial charge in [-0.2, -0.15) is 0 Å². The maximum atomic E-state index is 11.0. The second-order valence-electron chi connectivity index (χ2n) is 4.00. The molecular formula is C11H20O3. The molecule has 0 amide bonds. The Morgan fingerprint density at radius 3 is 2.57 bits per heavy atom. The Balaban J connectivity index is 2.15. The molecule has 1 saturated carbocycles. The van der Waals surface area contributed by atoms with Crippen molar-refractivity contribution in [3.63, 3.8) is 0 Å². The standard InChI is InChI=1S/C11H20O3/c1-9(11(12)13-2)14-8-10-6-4-3-5-7-10/h9-10H,3-8H2,1-2H3/t9-/m0/s1. The first-order valence-corrected chi connectivity index (χ1v) is 5.43. The number of hydrogen-bond acceptors (Lipinski definition) is 3. The molecule has 0 saturated heterocycles. The van der Waals surface area contributed by atoms with E-state index in [4.69, 9.17) is 4.74 Å². The third-order valence-corrected chi connectivity index (χ3v) is 2.84. The number of rotatable bonds is 4. The minimum Gasteiger partial charge on any atom is -0.467 e. The summed E-state index contributed by atoms with van der Waals surface area (Å²) in [4.78, 5) is 11.0. The number of esters is 1. The summed E-state index contributed by atoms with van der Waals surface area (Å²) in [6.07, 6.45) is 6.04. The van der Waals surface area contributed by atoms with Crippen molar-refractivity contribution in [1.29, 1.82) is 0 Å². The summed E-state index contributed by atoms with van der Waals surface area (Å²) >= 11 is 0. The topological polar surface area (TPSA) is 35.5 Å². The molecule has 1 rings (SSSR count). The van der Waals surface area contributed by atoms with Gasteiger partial charge >= 0.3 is 5.97 Å². The van der Waals surface area contributed by atoms with E-state index in [0.717, 1.165) is 0 Å². The summed E-state index contributed by atoms with van der Waals surface area (Å²) in [7, 11) is 1.39. The maximum absolute atomic E-state index is 11.0. The molecule has 14 heavy (non-hydrogen) atoms. The predicted octanol–water partition coefficient (Wildman–Crippen LogP) is 2.14. The molecule has 0 aromatic rings. The van der Waals surface area contributed by atoms with Gasteiger partial charge in [0.1, 0.15) is 0 Å². The van der Waals surface area contributed by atoms with E-state index in [1.54, 1.807) is 6.92 Å². The first-order chi connectivity index (χ1) is 6.74. The van der Waals surface area contributed by atoms with Gasteiger partial charge in [-0.15, -0.1) is 0 Å². The molecule has 0 spiro atoms. The average molecular weight is 200 g/mol. The summed E-state index contributed by atoms with van der Waals surface area (Å²) in [6, 6.07) is 0. The van der Waals surface area contributed by atoms with E-state index in [1.807, 2.05) is 0 Å². The maximum Gasteiger partial charge on any atom is 0.334 e. The molecule has 1 fully saturated rings. The minimum absolute atomic E-state index is 0.277. The third kappa shape index (κ3) is 3.66. The summed E-state index contributed by atoms with van der Waals surface area (Å²) in [6.45, 7) is 2.45. The van der Waals surface area contributed by atoms with Gasteiger partial charge in [0.05, 0.1) is 13.7 Å². The van der Waals surface area contributed by atoms with Gasteiger partial charge in [-0.25, -0.2) is 4.79 Å². The van der Waals surface area contributed by atoms with Gasteiger partial charge in [-0.3, -0.25) is 0 Å². The SMILES string of the molecule is COC(=O)[C@H](C)OCC1CCCCC1. The molecule has 0 aliphatic heterocycles. The molecule has 1 atom stereocenters. The van der Waals surface area contributed by atoms with Crippen molar-refractivity contribution in [2.24, 2.45) is 5.92 Å². The predicted molar refractivity (Wildman–Crippen MR) is 54.0 cm³/mol. The van der Waals surface area contributed by atoms with Gasteiger partial charge in [0.15, 0.2) is 6.10 Å². The second-order valence-corrected chi connectivity index (χ2v) is 4.00. The Labute approximate surface area is 85.8 Å². The molecule has 0 bridgehead atoms. The second kappa shape index (κ2) is 6.02.